The lowest BCUT2D eigenvalue weighted by Gasteiger charge is -2.07. The van der Waals surface area contributed by atoms with Crippen LogP contribution < -0.4 is 0 Å². The molecule has 30 heavy (non-hydrogen) atoms. The van der Waals surface area contributed by atoms with Crippen molar-refractivity contribution in [2.45, 2.75) is 26.4 Å². The Bertz CT molecular complexity index is 1180. The number of aryl methyl sites for hydroxylation is 1. The van der Waals surface area contributed by atoms with Crippen molar-refractivity contribution in [1.82, 2.24) is 9.97 Å². The number of aliphatic hydroxyl groups is 1. The minimum Gasteiger partial charge on any atom is -0.389 e. The van der Waals surface area contributed by atoms with Crippen molar-refractivity contribution < 1.29 is 5.11 Å². The van der Waals surface area contributed by atoms with E-state index in [0.29, 0.717) is 6.42 Å². The Hall–Kier alpha value is -3.08. The van der Waals surface area contributed by atoms with Crippen LogP contribution in [0.3, 0.4) is 0 Å². The summed E-state index contributed by atoms with van der Waals surface area (Å²) in [6, 6.07) is 22.6. The molecule has 150 valence electrons. The maximum absolute atomic E-state index is 9.80. The van der Waals surface area contributed by atoms with Crippen LogP contribution in [-0.2, 0) is 6.42 Å². The van der Waals surface area contributed by atoms with Crippen molar-refractivity contribution in [3.05, 3.63) is 106 Å². The molecule has 0 saturated heterocycles. The molecule has 0 aliphatic rings. The lowest BCUT2D eigenvalue weighted by Crippen LogP contribution is -1.99. The summed E-state index contributed by atoms with van der Waals surface area (Å²) >= 11 is 1.72. The summed E-state index contributed by atoms with van der Waals surface area (Å²) in [4.78, 5) is 11.5. The lowest BCUT2D eigenvalue weighted by molar-refractivity contribution is 0.199. The second kappa shape index (κ2) is 9.16. The average Bonchev–Trinajstić information content (AvgIpc) is 3.22. The Balaban J connectivity index is 1.51. The molecule has 2 heterocycles. The van der Waals surface area contributed by atoms with Gasteiger partial charge in [0.1, 0.15) is 5.82 Å². The molecule has 2 aromatic heterocycles. The van der Waals surface area contributed by atoms with E-state index in [4.69, 9.17) is 4.98 Å². The molecule has 0 spiro atoms. The van der Waals surface area contributed by atoms with Gasteiger partial charge in [0.2, 0.25) is 0 Å². The zero-order valence-electron chi connectivity index (χ0n) is 17.1. The quantitative estimate of drug-likeness (QED) is 0.403. The van der Waals surface area contributed by atoms with Crippen molar-refractivity contribution in [2.24, 2.45) is 0 Å². The first-order chi connectivity index (χ1) is 14.6. The van der Waals surface area contributed by atoms with E-state index < -0.39 is 6.10 Å². The highest BCUT2D eigenvalue weighted by Crippen LogP contribution is 2.28. The lowest BCUT2D eigenvalue weighted by atomic mass is 10.0. The van der Waals surface area contributed by atoms with Gasteiger partial charge < -0.3 is 5.11 Å². The van der Waals surface area contributed by atoms with Crippen molar-refractivity contribution in [3.63, 3.8) is 0 Å². The van der Waals surface area contributed by atoms with Crippen molar-refractivity contribution >= 4 is 23.5 Å². The van der Waals surface area contributed by atoms with Gasteiger partial charge in [-0.2, -0.15) is 0 Å². The maximum atomic E-state index is 9.80. The molecule has 0 amide bonds. The van der Waals surface area contributed by atoms with E-state index in [1.54, 1.807) is 18.3 Å². The molecule has 3 nitrogen and oxygen atoms in total. The molecule has 0 aliphatic heterocycles. The summed E-state index contributed by atoms with van der Waals surface area (Å²) in [7, 11) is 0. The third-order valence-corrected chi connectivity index (χ3v) is 5.94. The topological polar surface area (TPSA) is 46.0 Å². The molecule has 4 rings (SSSR count). The van der Waals surface area contributed by atoms with Crippen LogP contribution in [-0.4, -0.2) is 15.1 Å². The molecular formula is C26H24N2OS. The van der Waals surface area contributed by atoms with Crippen LogP contribution in [0.5, 0.6) is 0 Å². The summed E-state index contributed by atoms with van der Waals surface area (Å²) in [5.41, 5.74) is 5.41. The SMILES string of the molecule is Cc1cccc(C=Cc2ccc(-c3ccnc(Cc4cccc(C(C)O)c4)n3)s2)c1. The summed E-state index contributed by atoms with van der Waals surface area (Å²) in [6.45, 7) is 3.88. The van der Waals surface area contributed by atoms with Gasteiger partial charge in [-0.3, -0.25) is 0 Å². The predicted molar refractivity (Wildman–Crippen MR) is 125 cm³/mol. The van der Waals surface area contributed by atoms with Crippen LogP contribution >= 0.6 is 11.3 Å². The second-order valence-electron chi connectivity index (χ2n) is 7.41. The molecule has 1 N–H and O–H groups in total. The molecule has 0 bridgehead atoms. The molecule has 0 saturated carbocycles. The van der Waals surface area contributed by atoms with Gasteiger partial charge >= 0.3 is 0 Å². The van der Waals surface area contributed by atoms with Gasteiger partial charge in [0.15, 0.2) is 0 Å². The Labute approximate surface area is 181 Å². The molecule has 2 aromatic carbocycles. The summed E-state index contributed by atoms with van der Waals surface area (Å²) in [5, 5.41) is 9.80. The molecule has 1 atom stereocenters. The molecular weight excluding hydrogens is 388 g/mol. The van der Waals surface area contributed by atoms with Gasteiger partial charge in [0.25, 0.3) is 0 Å². The Morgan fingerprint density at radius 1 is 1.00 bits per heavy atom. The molecule has 0 fully saturated rings. The van der Waals surface area contributed by atoms with Gasteiger partial charge in [-0.1, -0.05) is 60.2 Å². The largest absolute Gasteiger partial charge is 0.389 e. The number of nitrogens with zero attached hydrogens (tertiary/aromatic N) is 2. The highest BCUT2D eigenvalue weighted by atomic mass is 32.1. The van der Waals surface area contributed by atoms with Crippen LogP contribution in [0.25, 0.3) is 22.7 Å². The van der Waals surface area contributed by atoms with Crippen molar-refractivity contribution in [2.75, 3.05) is 0 Å². The fraction of sp³-hybridized carbons (Fsp3) is 0.154. The molecule has 1 unspecified atom stereocenters. The van der Waals surface area contributed by atoms with E-state index in [1.165, 1.54) is 16.0 Å². The first kappa shape index (κ1) is 20.2. The Kier molecular flexibility index (Phi) is 6.17. The van der Waals surface area contributed by atoms with E-state index in [0.717, 1.165) is 27.5 Å². The highest BCUT2D eigenvalue weighted by Gasteiger charge is 2.07. The van der Waals surface area contributed by atoms with E-state index in [-0.39, 0.29) is 0 Å². The van der Waals surface area contributed by atoms with Crippen LogP contribution in [0.1, 0.15) is 46.0 Å². The van der Waals surface area contributed by atoms with E-state index >= 15 is 0 Å². The number of benzene rings is 2. The number of hydrogen-bond donors (Lipinski definition) is 1. The van der Waals surface area contributed by atoms with Crippen LogP contribution in [0, 0.1) is 6.92 Å². The summed E-state index contributed by atoms with van der Waals surface area (Å²) < 4.78 is 0. The minimum atomic E-state index is -0.477. The van der Waals surface area contributed by atoms with E-state index in [1.807, 2.05) is 36.5 Å². The highest BCUT2D eigenvalue weighted by molar-refractivity contribution is 7.16. The zero-order chi connectivity index (χ0) is 20.9. The fourth-order valence-corrected chi connectivity index (χ4v) is 4.18. The number of aromatic nitrogens is 2. The average molecular weight is 413 g/mol. The maximum Gasteiger partial charge on any atom is 0.133 e. The van der Waals surface area contributed by atoms with Crippen LogP contribution in [0.2, 0.25) is 0 Å². The van der Waals surface area contributed by atoms with E-state index in [9.17, 15) is 5.11 Å². The molecule has 0 aliphatic carbocycles. The molecule has 4 heteroatoms. The number of rotatable bonds is 6. The second-order valence-corrected chi connectivity index (χ2v) is 8.52. The normalized spacial score (nSPS) is 12.4. The third kappa shape index (κ3) is 5.09. The number of aliphatic hydroxyl groups excluding tert-OH is 1. The van der Waals surface area contributed by atoms with Gasteiger partial charge in [-0.15, -0.1) is 11.3 Å². The summed E-state index contributed by atoms with van der Waals surface area (Å²) in [6.07, 6.45) is 6.27. The zero-order valence-corrected chi connectivity index (χ0v) is 17.9. The Morgan fingerprint density at radius 2 is 1.87 bits per heavy atom. The van der Waals surface area contributed by atoms with Crippen LogP contribution in [0.15, 0.2) is 72.9 Å². The minimum absolute atomic E-state index is 0.477. The number of thiophene rings is 1. The monoisotopic (exact) mass is 412 g/mol. The van der Waals surface area contributed by atoms with Crippen molar-refractivity contribution in [3.8, 4) is 10.6 Å². The van der Waals surface area contributed by atoms with Crippen LogP contribution in [0.4, 0.5) is 0 Å². The predicted octanol–water partition coefficient (Wildman–Crippen LogP) is 6.33. The van der Waals surface area contributed by atoms with Crippen molar-refractivity contribution in [1.29, 1.82) is 0 Å². The standard InChI is InChI=1S/C26H24N2OS/c1-18-5-3-6-20(15-18)9-10-23-11-12-25(30-23)24-13-14-27-26(28-24)17-21-7-4-8-22(16-21)19(2)29/h3-16,19,29H,17H2,1-2H3. The fourth-order valence-electron chi connectivity index (χ4n) is 3.30. The van der Waals surface area contributed by atoms with Gasteiger partial charge in [0, 0.05) is 17.5 Å². The third-order valence-electron chi connectivity index (χ3n) is 4.86. The Morgan fingerprint density at radius 3 is 2.70 bits per heavy atom. The smallest absolute Gasteiger partial charge is 0.133 e. The number of hydrogen-bond acceptors (Lipinski definition) is 4. The summed E-state index contributed by atoms with van der Waals surface area (Å²) in [5.74, 6) is 0.778. The first-order valence-electron chi connectivity index (χ1n) is 10.0. The first-order valence-corrected chi connectivity index (χ1v) is 10.8. The van der Waals surface area contributed by atoms with Gasteiger partial charge in [-0.05, 0) is 54.8 Å². The van der Waals surface area contributed by atoms with E-state index in [2.05, 4.69) is 60.5 Å². The molecule has 4 aromatic rings. The van der Waals surface area contributed by atoms with Gasteiger partial charge in [0.05, 0.1) is 16.7 Å². The molecule has 0 radical (unpaired) electrons. The van der Waals surface area contributed by atoms with Gasteiger partial charge in [-0.25, -0.2) is 9.97 Å².